The molecule has 0 radical (unpaired) electrons. The van der Waals surface area contributed by atoms with E-state index in [2.05, 4.69) is 15.5 Å². The first-order valence-corrected chi connectivity index (χ1v) is 11.8. The fourth-order valence-electron chi connectivity index (χ4n) is 4.10. The van der Waals surface area contributed by atoms with Crippen molar-refractivity contribution in [1.29, 1.82) is 0 Å². The highest BCUT2D eigenvalue weighted by molar-refractivity contribution is 5.94. The van der Waals surface area contributed by atoms with Crippen LogP contribution >= 0.6 is 0 Å². The van der Waals surface area contributed by atoms with Gasteiger partial charge < -0.3 is 19.3 Å². The minimum atomic E-state index is -0.239. The van der Waals surface area contributed by atoms with Gasteiger partial charge in [0.15, 0.2) is 0 Å². The molecule has 1 aliphatic heterocycles. The van der Waals surface area contributed by atoms with Gasteiger partial charge in [-0.2, -0.15) is 0 Å². The Labute approximate surface area is 204 Å². The molecule has 1 fully saturated rings. The number of rotatable bonds is 9. The molecule has 9 heteroatoms. The number of esters is 1. The zero-order valence-electron chi connectivity index (χ0n) is 20.0. The smallest absolute Gasteiger partial charge is 0.320 e. The summed E-state index contributed by atoms with van der Waals surface area (Å²) in [6.45, 7) is 5.92. The van der Waals surface area contributed by atoms with E-state index in [0.717, 1.165) is 36.2 Å². The van der Waals surface area contributed by atoms with E-state index in [4.69, 9.17) is 14.0 Å². The molecule has 1 unspecified atom stereocenters. The van der Waals surface area contributed by atoms with Crippen LogP contribution in [0.5, 0.6) is 5.88 Å². The van der Waals surface area contributed by atoms with Gasteiger partial charge >= 0.3 is 5.97 Å². The molecule has 1 atom stereocenters. The van der Waals surface area contributed by atoms with Crippen molar-refractivity contribution in [3.63, 3.8) is 0 Å². The van der Waals surface area contributed by atoms with Crippen molar-refractivity contribution >= 4 is 11.9 Å². The normalized spacial score (nSPS) is 16.0. The summed E-state index contributed by atoms with van der Waals surface area (Å²) in [6.07, 6.45) is 3.27. The van der Waals surface area contributed by atoms with E-state index in [9.17, 15) is 9.59 Å². The number of nitrogens with zero attached hydrogens (tertiary/aromatic N) is 3. The van der Waals surface area contributed by atoms with Crippen LogP contribution in [0.25, 0.3) is 11.3 Å². The summed E-state index contributed by atoms with van der Waals surface area (Å²) in [6, 6.07) is 13.1. The summed E-state index contributed by atoms with van der Waals surface area (Å²) in [7, 11) is 0. The van der Waals surface area contributed by atoms with Gasteiger partial charge in [0, 0.05) is 30.4 Å². The summed E-state index contributed by atoms with van der Waals surface area (Å²) in [5.41, 5.74) is 2.99. The van der Waals surface area contributed by atoms with E-state index in [1.165, 1.54) is 6.20 Å². The van der Waals surface area contributed by atoms with E-state index < -0.39 is 0 Å². The number of pyridine rings is 1. The number of carbonyl (C=O) groups is 2. The van der Waals surface area contributed by atoms with Crippen LogP contribution in [0.3, 0.4) is 0 Å². The molecule has 35 heavy (non-hydrogen) atoms. The molecule has 2 aromatic heterocycles. The van der Waals surface area contributed by atoms with Crippen LogP contribution in [-0.4, -0.2) is 59.2 Å². The number of carbonyl (C=O) groups excluding carboxylic acids is 2. The molecule has 3 aromatic rings. The van der Waals surface area contributed by atoms with Crippen LogP contribution in [-0.2, 0) is 16.1 Å². The van der Waals surface area contributed by atoms with Crippen molar-refractivity contribution in [2.75, 3.05) is 26.2 Å². The first kappa shape index (κ1) is 24.4. The van der Waals surface area contributed by atoms with Crippen LogP contribution in [0.1, 0.15) is 41.4 Å². The summed E-state index contributed by atoms with van der Waals surface area (Å²) < 4.78 is 16.2. The Morgan fingerprint density at radius 1 is 1.20 bits per heavy atom. The number of hydrogen-bond acceptors (Lipinski definition) is 8. The highest BCUT2D eigenvalue weighted by Gasteiger charge is 2.24. The van der Waals surface area contributed by atoms with Crippen molar-refractivity contribution in [2.24, 2.45) is 0 Å². The maximum atomic E-state index is 12.7. The molecule has 9 nitrogen and oxygen atoms in total. The molecule has 0 saturated carbocycles. The molecule has 1 amide bonds. The number of piperidine rings is 1. The van der Waals surface area contributed by atoms with Gasteiger partial charge in [-0.25, -0.2) is 4.98 Å². The second kappa shape index (κ2) is 11.6. The molecular formula is C26H30N4O5. The molecule has 3 heterocycles. The molecule has 1 aromatic carbocycles. The third-order valence-corrected chi connectivity index (χ3v) is 5.89. The fourth-order valence-corrected chi connectivity index (χ4v) is 4.10. The number of likely N-dealkylation sites (tertiary alicyclic amines) is 1. The third kappa shape index (κ3) is 6.45. The Morgan fingerprint density at radius 2 is 2.03 bits per heavy atom. The molecule has 0 bridgehead atoms. The van der Waals surface area contributed by atoms with Crippen LogP contribution in [0.4, 0.5) is 0 Å². The number of amides is 1. The van der Waals surface area contributed by atoms with Crippen molar-refractivity contribution < 1.29 is 23.6 Å². The summed E-state index contributed by atoms with van der Waals surface area (Å²) in [4.78, 5) is 30.8. The lowest BCUT2D eigenvalue weighted by Crippen LogP contribution is -2.49. The molecule has 1 aliphatic rings. The molecule has 4 rings (SSSR count). The third-order valence-electron chi connectivity index (χ3n) is 5.89. The van der Waals surface area contributed by atoms with Crippen LogP contribution < -0.4 is 10.1 Å². The highest BCUT2D eigenvalue weighted by atomic mass is 16.5. The first-order valence-electron chi connectivity index (χ1n) is 11.8. The zero-order valence-corrected chi connectivity index (χ0v) is 20.0. The maximum absolute atomic E-state index is 12.7. The van der Waals surface area contributed by atoms with E-state index in [0.29, 0.717) is 30.4 Å². The minimum Gasteiger partial charge on any atom is -0.473 e. The van der Waals surface area contributed by atoms with Crippen molar-refractivity contribution in [2.45, 2.75) is 39.3 Å². The molecule has 0 spiro atoms. The predicted molar refractivity (Wildman–Crippen MR) is 129 cm³/mol. The Hall–Kier alpha value is -3.72. The SMILES string of the molecule is CCOC(=O)CN1CCCC(NC(=O)c2ccc(OCc3c(-c4ccccc4)noc3C)nc2)C1. The molecule has 1 N–H and O–H groups in total. The Balaban J connectivity index is 1.31. The van der Waals surface area contributed by atoms with Crippen molar-refractivity contribution in [3.8, 4) is 17.1 Å². The van der Waals surface area contributed by atoms with Gasteiger partial charge in [-0.1, -0.05) is 35.5 Å². The summed E-state index contributed by atoms with van der Waals surface area (Å²) in [5, 5.41) is 7.21. The quantitative estimate of drug-likeness (QED) is 0.467. The molecule has 0 aliphatic carbocycles. The molecule has 184 valence electrons. The van der Waals surface area contributed by atoms with Crippen molar-refractivity contribution in [3.05, 3.63) is 65.5 Å². The number of aryl methyl sites for hydroxylation is 1. The standard InChI is InChI=1S/C26H30N4O5/c1-3-33-24(31)16-30-13-7-10-21(15-30)28-26(32)20-11-12-23(27-14-20)34-17-22-18(2)35-29-25(22)19-8-5-4-6-9-19/h4-6,8-9,11-12,14,21H,3,7,10,13,15-17H2,1-2H3,(H,28,32). The van der Waals surface area contributed by atoms with Gasteiger partial charge in [-0.3, -0.25) is 14.5 Å². The monoisotopic (exact) mass is 478 g/mol. The molecule has 1 saturated heterocycles. The highest BCUT2D eigenvalue weighted by Crippen LogP contribution is 2.26. The van der Waals surface area contributed by atoms with Gasteiger partial charge in [0.25, 0.3) is 5.91 Å². The van der Waals surface area contributed by atoms with Crippen LogP contribution in [0, 0.1) is 6.92 Å². The van der Waals surface area contributed by atoms with Gasteiger partial charge in [-0.15, -0.1) is 0 Å². The maximum Gasteiger partial charge on any atom is 0.320 e. The Bertz CT molecular complexity index is 1130. The average molecular weight is 479 g/mol. The lowest BCUT2D eigenvalue weighted by atomic mass is 10.1. The average Bonchev–Trinajstić information content (AvgIpc) is 3.24. The summed E-state index contributed by atoms with van der Waals surface area (Å²) >= 11 is 0. The fraction of sp³-hybridized carbons (Fsp3) is 0.385. The second-order valence-corrected chi connectivity index (χ2v) is 8.46. The topological polar surface area (TPSA) is 107 Å². The Morgan fingerprint density at radius 3 is 2.77 bits per heavy atom. The Kier molecular flexibility index (Phi) is 8.10. The second-order valence-electron chi connectivity index (χ2n) is 8.46. The van der Waals surface area contributed by atoms with Gasteiger partial charge in [-0.05, 0) is 39.3 Å². The lowest BCUT2D eigenvalue weighted by Gasteiger charge is -2.32. The van der Waals surface area contributed by atoms with Crippen LogP contribution in [0.15, 0.2) is 53.2 Å². The number of hydrogen-bond donors (Lipinski definition) is 1. The van der Waals surface area contributed by atoms with E-state index in [1.54, 1.807) is 19.1 Å². The predicted octanol–water partition coefficient (Wildman–Crippen LogP) is 3.38. The number of benzene rings is 1. The van der Waals surface area contributed by atoms with Crippen LogP contribution in [0.2, 0.25) is 0 Å². The first-order chi connectivity index (χ1) is 17.0. The van der Waals surface area contributed by atoms with E-state index in [-0.39, 0.29) is 31.1 Å². The van der Waals surface area contributed by atoms with Crippen molar-refractivity contribution in [1.82, 2.24) is 20.4 Å². The van der Waals surface area contributed by atoms with Gasteiger partial charge in [0.05, 0.1) is 24.3 Å². The van der Waals surface area contributed by atoms with E-state index in [1.807, 2.05) is 42.2 Å². The largest absolute Gasteiger partial charge is 0.473 e. The number of nitrogens with one attached hydrogen (secondary N) is 1. The number of ether oxygens (including phenoxy) is 2. The molecular weight excluding hydrogens is 448 g/mol. The zero-order chi connectivity index (χ0) is 24.6. The lowest BCUT2D eigenvalue weighted by molar-refractivity contribution is -0.144. The number of aromatic nitrogens is 2. The van der Waals surface area contributed by atoms with Gasteiger partial charge in [0.1, 0.15) is 18.1 Å². The van der Waals surface area contributed by atoms with Gasteiger partial charge in [0.2, 0.25) is 5.88 Å². The minimum absolute atomic E-state index is 0.0328. The van der Waals surface area contributed by atoms with E-state index >= 15 is 0 Å². The summed E-state index contributed by atoms with van der Waals surface area (Å²) in [5.74, 6) is 0.647.